The third kappa shape index (κ3) is 7.34. The molecule has 2 aromatic heterocycles. The highest BCUT2D eigenvalue weighted by molar-refractivity contribution is 7.16. The second-order valence-corrected chi connectivity index (χ2v) is 11.2. The van der Waals surface area contributed by atoms with Crippen LogP contribution >= 0.6 is 11.3 Å². The third-order valence-electron chi connectivity index (χ3n) is 7.63. The first-order valence-corrected chi connectivity index (χ1v) is 15.0. The molecule has 0 unspecified atom stereocenters. The van der Waals surface area contributed by atoms with Crippen molar-refractivity contribution in [2.24, 2.45) is 5.92 Å². The predicted octanol–water partition coefficient (Wildman–Crippen LogP) is 1.66. The topological polar surface area (TPSA) is 173 Å². The van der Waals surface area contributed by atoms with Gasteiger partial charge in [-0.3, -0.25) is 19.2 Å². The van der Waals surface area contributed by atoms with E-state index in [9.17, 15) is 14.4 Å². The summed E-state index contributed by atoms with van der Waals surface area (Å²) in [6, 6.07) is 13.3. The minimum Gasteiger partial charge on any atom is -0.494 e. The number of fused-ring (bicyclic) bond motifs is 5. The van der Waals surface area contributed by atoms with Crippen molar-refractivity contribution in [3.05, 3.63) is 65.4 Å². The fourth-order valence-electron chi connectivity index (χ4n) is 5.47. The monoisotopic (exact) mass is 620 g/mol. The molecule has 1 fully saturated rings. The molecule has 3 amide bonds. The molecule has 6 rings (SSSR count). The first-order valence-electron chi connectivity index (χ1n) is 14.2. The molecule has 4 aromatic rings. The number of aryl methyl sites for hydroxylation is 1. The summed E-state index contributed by atoms with van der Waals surface area (Å²) in [4.78, 5) is 56.2. The van der Waals surface area contributed by atoms with Crippen LogP contribution in [0.2, 0.25) is 0 Å². The molecule has 44 heavy (non-hydrogen) atoms. The zero-order valence-corrected chi connectivity index (χ0v) is 24.6. The number of ether oxygens (including phenoxy) is 1. The summed E-state index contributed by atoms with van der Waals surface area (Å²) >= 11 is 1.50. The first kappa shape index (κ1) is 30.5. The highest BCUT2D eigenvalue weighted by Crippen LogP contribution is 2.35. The van der Waals surface area contributed by atoms with Crippen LogP contribution in [0.5, 0.6) is 5.75 Å². The molecule has 0 saturated carbocycles. The summed E-state index contributed by atoms with van der Waals surface area (Å²) in [5, 5.41) is 21.0. The number of tetrazole rings is 1. The van der Waals surface area contributed by atoms with Gasteiger partial charge in [0.05, 0.1) is 34.8 Å². The lowest BCUT2D eigenvalue weighted by Gasteiger charge is -2.25. The molecule has 14 nitrogen and oxygen atoms in total. The van der Waals surface area contributed by atoms with Gasteiger partial charge in [-0.2, -0.15) is 0 Å². The molecule has 2 N–H and O–H groups in total. The number of nitrogens with one attached hydrogen (secondary N) is 1. The van der Waals surface area contributed by atoms with Gasteiger partial charge in [0.2, 0.25) is 11.8 Å². The Morgan fingerprint density at radius 3 is 2.77 bits per heavy atom. The molecule has 2 bridgehead atoms. The number of carboxylic acid groups (broad SMARTS) is 1. The van der Waals surface area contributed by atoms with E-state index in [0.717, 1.165) is 15.8 Å². The summed E-state index contributed by atoms with van der Waals surface area (Å²) < 4.78 is 8.53. The highest BCUT2D eigenvalue weighted by atomic mass is 32.1. The fourth-order valence-corrected chi connectivity index (χ4v) is 6.19. The molecule has 1 saturated heterocycles. The summed E-state index contributed by atoms with van der Waals surface area (Å²) in [5.41, 5.74) is 4.19. The Hall–Kier alpha value is -4.92. The molecule has 4 heterocycles. The van der Waals surface area contributed by atoms with E-state index in [1.54, 1.807) is 21.4 Å². The van der Waals surface area contributed by atoms with Gasteiger partial charge in [-0.25, -0.2) is 9.67 Å². The second-order valence-electron chi connectivity index (χ2n) is 10.3. The largest absolute Gasteiger partial charge is 0.494 e. The maximum absolute atomic E-state index is 13.5. The maximum Gasteiger partial charge on any atom is 0.290 e. The van der Waals surface area contributed by atoms with E-state index in [0.29, 0.717) is 63.6 Å². The van der Waals surface area contributed by atoms with Crippen molar-refractivity contribution in [2.45, 2.75) is 25.3 Å². The molecular formula is C29H32N8O6S. The zero-order chi connectivity index (χ0) is 30.9. The molecule has 2 aromatic carbocycles. The van der Waals surface area contributed by atoms with Gasteiger partial charge in [0.1, 0.15) is 12.1 Å². The number of carbonyl (C=O) groups excluding carboxylic acids is 3. The average molecular weight is 621 g/mol. The van der Waals surface area contributed by atoms with Gasteiger partial charge < -0.3 is 25.0 Å². The Balaban J connectivity index is 0.00000123. The summed E-state index contributed by atoms with van der Waals surface area (Å²) in [5.74, 6) is -0.184. The minimum atomic E-state index is -0.428. The van der Waals surface area contributed by atoms with E-state index in [4.69, 9.17) is 14.6 Å². The van der Waals surface area contributed by atoms with Crippen molar-refractivity contribution in [3.8, 4) is 5.75 Å². The van der Waals surface area contributed by atoms with Crippen LogP contribution < -0.4 is 10.1 Å². The van der Waals surface area contributed by atoms with Gasteiger partial charge >= 0.3 is 0 Å². The van der Waals surface area contributed by atoms with Crippen molar-refractivity contribution in [2.75, 3.05) is 39.3 Å². The maximum atomic E-state index is 13.5. The number of carbonyl (C=O) groups is 4. The second kappa shape index (κ2) is 14.5. The van der Waals surface area contributed by atoms with Gasteiger partial charge in [0.15, 0.2) is 0 Å². The lowest BCUT2D eigenvalue weighted by molar-refractivity contribution is -0.131. The van der Waals surface area contributed by atoms with Crippen molar-refractivity contribution >= 4 is 45.7 Å². The first-order chi connectivity index (χ1) is 21.5. The third-order valence-corrected chi connectivity index (χ3v) is 8.42. The fraction of sp³-hybridized carbons (Fsp3) is 0.379. The molecule has 2 atom stereocenters. The van der Waals surface area contributed by atoms with E-state index < -0.39 is 5.92 Å². The van der Waals surface area contributed by atoms with Crippen LogP contribution in [0, 0.1) is 5.92 Å². The van der Waals surface area contributed by atoms with Gasteiger partial charge in [-0.1, -0.05) is 12.1 Å². The van der Waals surface area contributed by atoms with E-state index in [1.165, 1.54) is 22.3 Å². The summed E-state index contributed by atoms with van der Waals surface area (Å²) in [6.07, 6.45) is 2.35. The van der Waals surface area contributed by atoms with E-state index in [-0.39, 0.29) is 36.5 Å². The zero-order valence-electron chi connectivity index (χ0n) is 23.8. The van der Waals surface area contributed by atoms with E-state index >= 15 is 0 Å². The van der Waals surface area contributed by atoms with Crippen LogP contribution in [0.1, 0.15) is 34.7 Å². The number of benzene rings is 2. The van der Waals surface area contributed by atoms with Crippen LogP contribution in [0.25, 0.3) is 10.2 Å². The number of likely N-dealkylation sites (tertiary alicyclic amines) is 1. The Morgan fingerprint density at radius 2 is 1.95 bits per heavy atom. The SMILES string of the molecule is O=C1NCCN(C(=O)c2ccc3ncsc3c2)CCCOc2cccc(c2)[C@H]2CN(C(=O)CCn3cnnn3)C[C@H]12.O=CO. The van der Waals surface area contributed by atoms with Gasteiger partial charge in [0, 0.05) is 50.6 Å². The molecule has 0 radical (unpaired) electrons. The van der Waals surface area contributed by atoms with Crippen molar-refractivity contribution in [1.82, 2.24) is 40.3 Å². The van der Waals surface area contributed by atoms with Crippen molar-refractivity contribution in [1.29, 1.82) is 0 Å². The Morgan fingerprint density at radius 1 is 1.11 bits per heavy atom. The molecule has 0 aliphatic carbocycles. The molecule has 2 aliphatic heterocycles. The average Bonchev–Trinajstić information content (AvgIpc) is 3.82. The summed E-state index contributed by atoms with van der Waals surface area (Å²) in [6.45, 7) is 2.47. The predicted molar refractivity (Wildman–Crippen MR) is 159 cm³/mol. The lowest BCUT2D eigenvalue weighted by atomic mass is 9.88. The quantitative estimate of drug-likeness (QED) is 0.320. The number of amides is 3. The number of hydrogen-bond acceptors (Lipinski definition) is 10. The number of thiazole rings is 1. The van der Waals surface area contributed by atoms with Crippen LogP contribution in [-0.2, 0) is 20.9 Å². The van der Waals surface area contributed by atoms with Crippen LogP contribution in [0.15, 0.2) is 54.3 Å². The Bertz CT molecular complexity index is 1600. The number of rotatable bonds is 4. The van der Waals surface area contributed by atoms with Crippen LogP contribution in [0.3, 0.4) is 0 Å². The number of hydrogen-bond donors (Lipinski definition) is 2. The van der Waals surface area contributed by atoms with Crippen LogP contribution in [0.4, 0.5) is 0 Å². The summed E-state index contributed by atoms with van der Waals surface area (Å²) in [7, 11) is 0. The van der Waals surface area contributed by atoms with Crippen molar-refractivity contribution in [3.63, 3.8) is 0 Å². The molecule has 15 heteroatoms. The normalized spacial score (nSPS) is 18.7. The number of aromatic nitrogens is 5. The molecule has 0 spiro atoms. The number of nitrogens with zero attached hydrogens (tertiary/aromatic N) is 7. The molecular weight excluding hydrogens is 588 g/mol. The van der Waals surface area contributed by atoms with Crippen molar-refractivity contribution < 1.29 is 29.0 Å². The smallest absolute Gasteiger partial charge is 0.290 e. The van der Waals surface area contributed by atoms with Gasteiger partial charge in [-0.15, -0.1) is 16.4 Å². The van der Waals surface area contributed by atoms with E-state index in [2.05, 4.69) is 25.8 Å². The Kier molecular flexibility index (Phi) is 10.1. The standard InChI is InChI=1S/C28H30N8O4S.CH2O2/c37-26(7-10-36-17-31-32-33-36)35-15-22-19-3-1-4-21(13-19)40-12-2-9-34(11-8-29-27(38)23(22)16-35)28(39)20-5-6-24-25(14-20)41-18-30-24;2-1-3/h1,3-6,13-14,17-18,22-23H,2,7-12,15-16H2,(H,29,38);1H,(H,2,3)/t22-,23+;/m1./s1. The molecule has 230 valence electrons. The van der Waals surface area contributed by atoms with Gasteiger partial charge in [-0.05, 0) is 52.7 Å². The lowest BCUT2D eigenvalue weighted by Crippen LogP contribution is -2.42. The molecule has 2 aliphatic rings. The van der Waals surface area contributed by atoms with Crippen LogP contribution in [-0.4, -0.2) is 104 Å². The van der Waals surface area contributed by atoms with E-state index in [1.807, 2.05) is 36.4 Å². The minimum absolute atomic E-state index is 0.0548. The highest BCUT2D eigenvalue weighted by Gasteiger charge is 2.40. The van der Waals surface area contributed by atoms with Gasteiger partial charge in [0.25, 0.3) is 12.4 Å². The Labute approximate surface area is 256 Å².